The van der Waals surface area contributed by atoms with E-state index in [1.165, 1.54) is 19.3 Å². The van der Waals surface area contributed by atoms with Crippen LogP contribution >= 0.6 is 0 Å². The van der Waals surface area contributed by atoms with Crippen molar-refractivity contribution in [1.29, 1.82) is 0 Å². The van der Waals surface area contributed by atoms with E-state index in [1.54, 1.807) is 0 Å². The van der Waals surface area contributed by atoms with E-state index in [9.17, 15) is 0 Å². The number of hydrogen-bond acceptors (Lipinski definition) is 4. The predicted molar refractivity (Wildman–Crippen MR) is 66.5 cm³/mol. The summed E-state index contributed by atoms with van der Waals surface area (Å²) in [6.07, 6.45) is 3.96. The molecule has 2 rings (SSSR count). The SMILES string of the molecule is CC(CC1CC1)n1nnnc1CNC(C)(C)C. The summed E-state index contributed by atoms with van der Waals surface area (Å²) in [5.41, 5.74) is 0.0938. The van der Waals surface area contributed by atoms with Crippen LogP contribution in [0.2, 0.25) is 0 Å². The molecular weight excluding hydrogens is 214 g/mol. The Balaban J connectivity index is 1.95. The van der Waals surface area contributed by atoms with Gasteiger partial charge in [0.15, 0.2) is 5.82 Å². The third kappa shape index (κ3) is 3.77. The lowest BCUT2D eigenvalue weighted by Gasteiger charge is -2.21. The Morgan fingerprint density at radius 1 is 1.41 bits per heavy atom. The van der Waals surface area contributed by atoms with Crippen molar-refractivity contribution >= 4 is 0 Å². The molecule has 1 aromatic heterocycles. The van der Waals surface area contributed by atoms with Crippen molar-refractivity contribution < 1.29 is 0 Å². The quantitative estimate of drug-likeness (QED) is 0.850. The van der Waals surface area contributed by atoms with Crippen molar-refractivity contribution in [1.82, 2.24) is 25.5 Å². The lowest BCUT2D eigenvalue weighted by atomic mass is 10.1. The minimum absolute atomic E-state index is 0.0938. The first-order valence-electron chi connectivity index (χ1n) is 6.47. The largest absolute Gasteiger partial charge is 0.305 e. The van der Waals surface area contributed by atoms with Crippen LogP contribution < -0.4 is 5.32 Å². The molecule has 17 heavy (non-hydrogen) atoms. The summed E-state index contributed by atoms with van der Waals surface area (Å²) in [6.45, 7) is 9.37. The van der Waals surface area contributed by atoms with Gasteiger partial charge in [0.05, 0.1) is 12.6 Å². The number of nitrogens with zero attached hydrogens (tertiary/aromatic N) is 4. The van der Waals surface area contributed by atoms with E-state index in [-0.39, 0.29) is 5.54 Å². The van der Waals surface area contributed by atoms with Gasteiger partial charge in [-0.3, -0.25) is 0 Å². The molecule has 1 heterocycles. The third-order valence-corrected chi connectivity index (χ3v) is 3.13. The number of rotatable bonds is 5. The van der Waals surface area contributed by atoms with Gasteiger partial charge in [-0.2, -0.15) is 0 Å². The number of hydrogen-bond donors (Lipinski definition) is 1. The van der Waals surface area contributed by atoms with Gasteiger partial charge in [0.1, 0.15) is 0 Å². The zero-order valence-electron chi connectivity index (χ0n) is 11.3. The van der Waals surface area contributed by atoms with Crippen molar-refractivity contribution in [2.45, 2.75) is 65.1 Å². The fourth-order valence-electron chi connectivity index (χ4n) is 1.95. The first kappa shape index (κ1) is 12.5. The van der Waals surface area contributed by atoms with E-state index in [2.05, 4.69) is 48.5 Å². The molecule has 1 unspecified atom stereocenters. The van der Waals surface area contributed by atoms with Gasteiger partial charge in [-0.05, 0) is 50.5 Å². The van der Waals surface area contributed by atoms with Crippen LogP contribution in [0, 0.1) is 5.92 Å². The Bertz CT molecular complexity index is 361. The van der Waals surface area contributed by atoms with Gasteiger partial charge in [-0.15, -0.1) is 5.10 Å². The van der Waals surface area contributed by atoms with Crippen molar-refractivity contribution in [2.75, 3.05) is 0 Å². The van der Waals surface area contributed by atoms with Gasteiger partial charge in [0, 0.05) is 5.54 Å². The Kier molecular flexibility index (Phi) is 3.47. The summed E-state index contributed by atoms with van der Waals surface area (Å²) < 4.78 is 1.97. The van der Waals surface area contributed by atoms with Crippen molar-refractivity contribution in [3.8, 4) is 0 Å². The molecule has 0 spiro atoms. The number of aromatic nitrogens is 4. The second-order valence-corrected chi connectivity index (χ2v) is 6.17. The summed E-state index contributed by atoms with van der Waals surface area (Å²) in [7, 11) is 0. The van der Waals surface area contributed by atoms with Crippen LogP contribution in [0.5, 0.6) is 0 Å². The lowest BCUT2D eigenvalue weighted by molar-refractivity contribution is 0.378. The van der Waals surface area contributed by atoms with E-state index in [0.717, 1.165) is 18.3 Å². The molecule has 0 aromatic carbocycles. The molecule has 96 valence electrons. The maximum absolute atomic E-state index is 4.11. The molecule has 0 aliphatic heterocycles. The monoisotopic (exact) mass is 237 g/mol. The zero-order valence-corrected chi connectivity index (χ0v) is 11.3. The van der Waals surface area contributed by atoms with Crippen LogP contribution in [0.4, 0.5) is 0 Å². The van der Waals surface area contributed by atoms with E-state index >= 15 is 0 Å². The fraction of sp³-hybridized carbons (Fsp3) is 0.917. The Hall–Kier alpha value is -0.970. The van der Waals surface area contributed by atoms with Gasteiger partial charge in [0.25, 0.3) is 0 Å². The van der Waals surface area contributed by atoms with Crippen LogP contribution in [-0.2, 0) is 6.54 Å². The molecule has 0 amide bonds. The Morgan fingerprint density at radius 2 is 2.12 bits per heavy atom. The highest BCUT2D eigenvalue weighted by molar-refractivity contribution is 4.87. The van der Waals surface area contributed by atoms with Gasteiger partial charge in [-0.25, -0.2) is 4.68 Å². The predicted octanol–water partition coefficient (Wildman–Crippen LogP) is 1.92. The topological polar surface area (TPSA) is 55.6 Å². The molecule has 1 aromatic rings. The molecule has 0 saturated heterocycles. The molecule has 0 bridgehead atoms. The van der Waals surface area contributed by atoms with E-state index in [0.29, 0.717) is 6.04 Å². The first-order chi connectivity index (χ1) is 7.96. The van der Waals surface area contributed by atoms with Gasteiger partial charge in [-0.1, -0.05) is 12.8 Å². The van der Waals surface area contributed by atoms with Crippen molar-refractivity contribution in [3.05, 3.63) is 5.82 Å². The normalized spacial score (nSPS) is 18.4. The maximum Gasteiger partial charge on any atom is 0.165 e. The maximum atomic E-state index is 4.11. The highest BCUT2D eigenvalue weighted by Gasteiger charge is 2.26. The van der Waals surface area contributed by atoms with Crippen LogP contribution in [0.25, 0.3) is 0 Å². The highest BCUT2D eigenvalue weighted by Crippen LogP contribution is 2.36. The van der Waals surface area contributed by atoms with Crippen LogP contribution in [-0.4, -0.2) is 25.7 Å². The molecule has 1 atom stereocenters. The number of tetrazole rings is 1. The summed E-state index contributed by atoms with van der Waals surface area (Å²) in [5, 5.41) is 15.4. The van der Waals surface area contributed by atoms with Gasteiger partial charge >= 0.3 is 0 Å². The molecule has 5 nitrogen and oxygen atoms in total. The Labute approximate surface area is 103 Å². The highest BCUT2D eigenvalue weighted by atomic mass is 15.6. The molecular formula is C12H23N5. The van der Waals surface area contributed by atoms with E-state index < -0.39 is 0 Å². The minimum atomic E-state index is 0.0938. The summed E-state index contributed by atoms with van der Waals surface area (Å²) in [6, 6.07) is 0.411. The second-order valence-electron chi connectivity index (χ2n) is 6.17. The lowest BCUT2D eigenvalue weighted by Crippen LogP contribution is -2.36. The molecule has 1 saturated carbocycles. The summed E-state index contributed by atoms with van der Waals surface area (Å²) >= 11 is 0. The second kappa shape index (κ2) is 4.72. The Morgan fingerprint density at radius 3 is 2.71 bits per heavy atom. The molecule has 1 N–H and O–H groups in total. The third-order valence-electron chi connectivity index (χ3n) is 3.13. The van der Waals surface area contributed by atoms with E-state index in [1.807, 2.05) is 4.68 Å². The number of nitrogens with one attached hydrogen (secondary N) is 1. The molecule has 1 fully saturated rings. The summed E-state index contributed by atoms with van der Waals surface area (Å²) in [5.74, 6) is 1.84. The van der Waals surface area contributed by atoms with Crippen molar-refractivity contribution in [2.24, 2.45) is 5.92 Å². The zero-order chi connectivity index (χ0) is 12.5. The average Bonchev–Trinajstić information content (AvgIpc) is 2.91. The smallest absolute Gasteiger partial charge is 0.165 e. The van der Waals surface area contributed by atoms with Crippen LogP contribution in [0.1, 0.15) is 58.8 Å². The molecule has 0 radical (unpaired) electrons. The first-order valence-corrected chi connectivity index (χ1v) is 6.47. The van der Waals surface area contributed by atoms with Crippen LogP contribution in [0.15, 0.2) is 0 Å². The van der Waals surface area contributed by atoms with Gasteiger partial charge in [0.2, 0.25) is 0 Å². The molecule has 1 aliphatic rings. The molecule has 1 aliphatic carbocycles. The van der Waals surface area contributed by atoms with Crippen molar-refractivity contribution in [3.63, 3.8) is 0 Å². The minimum Gasteiger partial charge on any atom is -0.305 e. The standard InChI is InChI=1S/C12H23N5/c1-9(7-10-5-6-10)17-11(14-15-16-17)8-13-12(2,3)4/h9-10,13H,5-8H2,1-4H3. The molecule has 5 heteroatoms. The van der Waals surface area contributed by atoms with Gasteiger partial charge < -0.3 is 5.32 Å². The fourth-order valence-corrected chi connectivity index (χ4v) is 1.95. The average molecular weight is 237 g/mol. The van der Waals surface area contributed by atoms with E-state index in [4.69, 9.17) is 0 Å². The summed E-state index contributed by atoms with van der Waals surface area (Å²) in [4.78, 5) is 0. The van der Waals surface area contributed by atoms with Crippen LogP contribution in [0.3, 0.4) is 0 Å².